The molecule has 0 unspecified atom stereocenters. The normalized spacial score (nSPS) is 10.8. The summed E-state index contributed by atoms with van der Waals surface area (Å²) < 4.78 is 7.87. The van der Waals surface area contributed by atoms with Crippen molar-refractivity contribution in [2.24, 2.45) is 0 Å². The fourth-order valence-electron chi connectivity index (χ4n) is 1.72. The third kappa shape index (κ3) is 1.97. The Kier molecular flexibility index (Phi) is 2.76. The fourth-order valence-corrected chi connectivity index (χ4v) is 2.04. The summed E-state index contributed by atoms with van der Waals surface area (Å²) in [6.07, 6.45) is 1.87. The minimum atomic E-state index is 0.704. The molecule has 3 rings (SSSR count). The maximum absolute atomic E-state index is 5.13. The van der Waals surface area contributed by atoms with Crippen LogP contribution in [0.15, 0.2) is 47.1 Å². The summed E-state index contributed by atoms with van der Waals surface area (Å²) in [5.74, 6) is 1.53. The van der Waals surface area contributed by atoms with Crippen LogP contribution >= 0.6 is 15.9 Å². The fraction of sp³-hybridized carbons (Fsp3) is 0.0769. The number of hydrogen-bond donors (Lipinski definition) is 0. The molecule has 0 fully saturated rings. The van der Waals surface area contributed by atoms with E-state index in [1.54, 1.807) is 11.6 Å². The van der Waals surface area contributed by atoms with E-state index in [9.17, 15) is 0 Å². The third-order valence-corrected chi connectivity index (χ3v) is 3.14. The van der Waals surface area contributed by atoms with Crippen LogP contribution in [0.5, 0.6) is 5.75 Å². The van der Waals surface area contributed by atoms with Crippen LogP contribution in [0.4, 0.5) is 0 Å². The summed E-state index contributed by atoms with van der Waals surface area (Å²) in [6.45, 7) is 0. The molecule has 2 aromatic heterocycles. The van der Waals surface area contributed by atoms with Gasteiger partial charge in [-0.2, -0.15) is 0 Å². The van der Waals surface area contributed by atoms with Crippen LogP contribution in [0.2, 0.25) is 0 Å². The van der Waals surface area contributed by atoms with Gasteiger partial charge in [0.05, 0.1) is 7.11 Å². The van der Waals surface area contributed by atoms with Crippen molar-refractivity contribution in [1.29, 1.82) is 0 Å². The number of halogens is 1. The number of fused-ring (bicyclic) bond motifs is 1. The molecule has 0 amide bonds. The molecule has 0 N–H and O–H groups in total. The van der Waals surface area contributed by atoms with E-state index in [0.29, 0.717) is 5.82 Å². The van der Waals surface area contributed by atoms with Gasteiger partial charge in [0, 0.05) is 16.2 Å². The number of methoxy groups -OCH3 is 1. The van der Waals surface area contributed by atoms with Gasteiger partial charge in [0.1, 0.15) is 5.75 Å². The van der Waals surface area contributed by atoms with E-state index in [0.717, 1.165) is 21.4 Å². The van der Waals surface area contributed by atoms with Crippen molar-refractivity contribution in [3.63, 3.8) is 0 Å². The molecule has 0 saturated heterocycles. The van der Waals surface area contributed by atoms with Gasteiger partial charge < -0.3 is 4.74 Å². The minimum Gasteiger partial charge on any atom is -0.497 e. The van der Waals surface area contributed by atoms with E-state index >= 15 is 0 Å². The second-order valence-corrected chi connectivity index (χ2v) is 4.73. The molecule has 2 heterocycles. The van der Waals surface area contributed by atoms with E-state index in [1.165, 1.54) is 0 Å². The van der Waals surface area contributed by atoms with Gasteiger partial charge in [0.15, 0.2) is 11.5 Å². The molecule has 90 valence electrons. The Labute approximate surface area is 112 Å². The van der Waals surface area contributed by atoms with Gasteiger partial charge in [-0.3, -0.25) is 0 Å². The number of pyridine rings is 1. The van der Waals surface area contributed by atoms with Crippen molar-refractivity contribution in [2.75, 3.05) is 7.11 Å². The van der Waals surface area contributed by atoms with Gasteiger partial charge >= 0.3 is 0 Å². The van der Waals surface area contributed by atoms with Crippen molar-refractivity contribution in [2.45, 2.75) is 0 Å². The Morgan fingerprint density at radius 1 is 1.17 bits per heavy atom. The molecule has 0 saturated carbocycles. The SMILES string of the molecule is COc1ccc(-c2nc3cc(Br)ccn3n2)cc1. The van der Waals surface area contributed by atoms with E-state index in [4.69, 9.17) is 4.74 Å². The topological polar surface area (TPSA) is 39.4 Å². The first kappa shape index (κ1) is 11.2. The number of nitrogens with zero attached hydrogens (tertiary/aromatic N) is 3. The van der Waals surface area contributed by atoms with Crippen molar-refractivity contribution in [3.8, 4) is 17.1 Å². The lowest BCUT2D eigenvalue weighted by Gasteiger charge is -1.99. The van der Waals surface area contributed by atoms with E-state index < -0.39 is 0 Å². The molecule has 0 aliphatic rings. The summed E-state index contributed by atoms with van der Waals surface area (Å²) in [4.78, 5) is 4.48. The molecule has 0 aliphatic heterocycles. The van der Waals surface area contributed by atoms with Gasteiger partial charge in [-0.15, -0.1) is 5.10 Å². The zero-order valence-corrected chi connectivity index (χ0v) is 11.3. The van der Waals surface area contributed by atoms with Gasteiger partial charge in [0.25, 0.3) is 0 Å². The summed E-state index contributed by atoms with van der Waals surface area (Å²) in [5, 5.41) is 4.42. The number of ether oxygens (including phenoxy) is 1. The molecule has 0 atom stereocenters. The molecular formula is C13H10BrN3O. The molecule has 3 aromatic rings. The van der Waals surface area contributed by atoms with Crippen LogP contribution in [0.3, 0.4) is 0 Å². The lowest BCUT2D eigenvalue weighted by atomic mass is 10.2. The first-order chi connectivity index (χ1) is 8.76. The van der Waals surface area contributed by atoms with Crippen LogP contribution in [-0.2, 0) is 0 Å². The largest absolute Gasteiger partial charge is 0.497 e. The standard InChI is InChI=1S/C13H10BrN3O/c1-18-11-4-2-9(3-5-11)13-15-12-8-10(14)6-7-17(12)16-13/h2-8H,1H3. The molecule has 0 radical (unpaired) electrons. The van der Waals surface area contributed by atoms with Crippen LogP contribution in [-0.4, -0.2) is 21.7 Å². The number of rotatable bonds is 2. The first-order valence-electron chi connectivity index (χ1n) is 5.42. The minimum absolute atomic E-state index is 0.704. The molecule has 0 bridgehead atoms. The smallest absolute Gasteiger partial charge is 0.182 e. The Morgan fingerprint density at radius 3 is 2.67 bits per heavy atom. The Morgan fingerprint density at radius 2 is 1.94 bits per heavy atom. The Balaban J connectivity index is 2.07. The monoisotopic (exact) mass is 303 g/mol. The summed E-state index contributed by atoms with van der Waals surface area (Å²) in [6, 6.07) is 11.6. The Hall–Kier alpha value is -1.88. The molecule has 1 aromatic carbocycles. The number of hydrogen-bond acceptors (Lipinski definition) is 3. The van der Waals surface area contributed by atoms with Crippen molar-refractivity contribution >= 4 is 21.6 Å². The Bertz CT molecular complexity index is 691. The van der Waals surface area contributed by atoms with Gasteiger partial charge in [0.2, 0.25) is 0 Å². The predicted molar refractivity (Wildman–Crippen MR) is 72.7 cm³/mol. The average Bonchev–Trinajstić information content (AvgIpc) is 2.81. The quantitative estimate of drug-likeness (QED) is 0.730. The van der Waals surface area contributed by atoms with Crippen LogP contribution in [0.25, 0.3) is 17.0 Å². The van der Waals surface area contributed by atoms with Gasteiger partial charge in [-0.05, 0) is 36.4 Å². The maximum Gasteiger partial charge on any atom is 0.182 e. The highest BCUT2D eigenvalue weighted by molar-refractivity contribution is 9.10. The predicted octanol–water partition coefficient (Wildman–Crippen LogP) is 3.17. The molecule has 4 nitrogen and oxygen atoms in total. The third-order valence-electron chi connectivity index (χ3n) is 2.65. The second-order valence-electron chi connectivity index (χ2n) is 3.81. The highest BCUT2D eigenvalue weighted by Crippen LogP contribution is 2.21. The molecule has 5 heteroatoms. The number of benzene rings is 1. The van der Waals surface area contributed by atoms with E-state index in [1.807, 2.05) is 42.6 Å². The zero-order valence-electron chi connectivity index (χ0n) is 9.67. The van der Waals surface area contributed by atoms with E-state index in [-0.39, 0.29) is 0 Å². The van der Waals surface area contributed by atoms with Crippen LogP contribution in [0.1, 0.15) is 0 Å². The zero-order chi connectivity index (χ0) is 12.5. The number of aromatic nitrogens is 3. The lowest BCUT2D eigenvalue weighted by molar-refractivity contribution is 0.415. The summed E-state index contributed by atoms with van der Waals surface area (Å²) >= 11 is 3.42. The van der Waals surface area contributed by atoms with Crippen molar-refractivity contribution in [3.05, 3.63) is 47.1 Å². The first-order valence-corrected chi connectivity index (χ1v) is 6.22. The van der Waals surface area contributed by atoms with Gasteiger partial charge in [-0.25, -0.2) is 9.50 Å². The van der Waals surface area contributed by atoms with Crippen molar-refractivity contribution in [1.82, 2.24) is 14.6 Å². The van der Waals surface area contributed by atoms with Crippen LogP contribution < -0.4 is 4.74 Å². The summed E-state index contributed by atoms with van der Waals surface area (Å²) in [5.41, 5.74) is 1.78. The van der Waals surface area contributed by atoms with Crippen molar-refractivity contribution < 1.29 is 4.74 Å². The molecule has 0 spiro atoms. The molecular weight excluding hydrogens is 294 g/mol. The van der Waals surface area contributed by atoms with Gasteiger partial charge in [-0.1, -0.05) is 15.9 Å². The van der Waals surface area contributed by atoms with Crippen LogP contribution in [0, 0.1) is 0 Å². The second kappa shape index (κ2) is 4.42. The maximum atomic E-state index is 5.13. The lowest BCUT2D eigenvalue weighted by Crippen LogP contribution is -1.86. The average molecular weight is 304 g/mol. The summed E-state index contributed by atoms with van der Waals surface area (Å²) in [7, 11) is 1.65. The molecule has 0 aliphatic carbocycles. The molecule has 18 heavy (non-hydrogen) atoms. The highest BCUT2D eigenvalue weighted by atomic mass is 79.9. The van der Waals surface area contributed by atoms with E-state index in [2.05, 4.69) is 26.0 Å². The highest BCUT2D eigenvalue weighted by Gasteiger charge is 2.06.